The first-order valence-electron chi connectivity index (χ1n) is 8.19. The van der Waals surface area contributed by atoms with E-state index in [2.05, 4.69) is 36.5 Å². The Hall–Kier alpha value is -0.820. The molecule has 0 aliphatic heterocycles. The average molecular weight is 257 g/mol. The Morgan fingerprint density at radius 1 is 1.21 bits per heavy atom. The highest BCUT2D eigenvalue weighted by molar-refractivity contribution is 5.36. The van der Waals surface area contributed by atoms with E-state index >= 15 is 0 Å². The normalized spacial score (nSPS) is 23.3. The van der Waals surface area contributed by atoms with E-state index in [0.29, 0.717) is 6.04 Å². The monoisotopic (exact) mass is 257 g/mol. The molecule has 1 fully saturated rings. The van der Waals surface area contributed by atoms with Crippen molar-refractivity contribution < 1.29 is 0 Å². The summed E-state index contributed by atoms with van der Waals surface area (Å²) in [5.41, 5.74) is 3.23. The lowest BCUT2D eigenvalue weighted by atomic mass is 9.89. The quantitative estimate of drug-likeness (QED) is 0.769. The van der Waals surface area contributed by atoms with Crippen LogP contribution in [-0.4, -0.2) is 12.6 Å². The van der Waals surface area contributed by atoms with Crippen LogP contribution in [-0.2, 0) is 6.42 Å². The van der Waals surface area contributed by atoms with E-state index in [1.165, 1.54) is 51.5 Å². The maximum atomic E-state index is 3.84. The molecule has 2 aliphatic carbocycles. The Labute approximate surface area is 117 Å². The summed E-state index contributed by atoms with van der Waals surface area (Å²) in [5.74, 6) is 1.82. The molecule has 19 heavy (non-hydrogen) atoms. The highest BCUT2D eigenvalue weighted by atomic mass is 14.9. The second-order valence-corrected chi connectivity index (χ2v) is 6.43. The minimum Gasteiger partial charge on any atom is -0.313 e. The smallest absolute Gasteiger partial charge is 0.0136 e. The number of benzene rings is 1. The first-order chi connectivity index (χ1) is 9.38. The van der Waals surface area contributed by atoms with E-state index in [0.717, 1.165) is 11.8 Å². The molecular formula is C18H27N. The standard InChI is InChI=1S/C18H27N/c1-2-13-19-18(12-9-14-7-8-14)17-11-10-15-5-3-4-6-16(15)17/h3-6,14,17-19H,2,7-13H2,1H3. The van der Waals surface area contributed by atoms with Crippen LogP contribution in [0.3, 0.4) is 0 Å². The van der Waals surface area contributed by atoms with Crippen LogP contribution in [0.2, 0.25) is 0 Å². The van der Waals surface area contributed by atoms with Crippen molar-refractivity contribution in [2.45, 2.75) is 63.8 Å². The van der Waals surface area contributed by atoms with Gasteiger partial charge in [-0.25, -0.2) is 0 Å². The van der Waals surface area contributed by atoms with Crippen LogP contribution in [0.5, 0.6) is 0 Å². The van der Waals surface area contributed by atoms with Crippen LogP contribution in [0.15, 0.2) is 24.3 Å². The Bertz CT molecular complexity index is 408. The fourth-order valence-corrected chi connectivity index (χ4v) is 3.61. The largest absolute Gasteiger partial charge is 0.313 e. The van der Waals surface area contributed by atoms with Gasteiger partial charge in [0.1, 0.15) is 0 Å². The van der Waals surface area contributed by atoms with E-state index in [4.69, 9.17) is 0 Å². The summed E-state index contributed by atoms with van der Waals surface area (Å²) in [4.78, 5) is 0. The molecule has 0 bridgehead atoms. The predicted molar refractivity (Wildman–Crippen MR) is 81.5 cm³/mol. The SMILES string of the molecule is CCCNC(CCC1CC1)C1CCc2ccccc21. The van der Waals surface area contributed by atoms with Crippen LogP contribution in [0.1, 0.15) is 62.5 Å². The van der Waals surface area contributed by atoms with Crippen molar-refractivity contribution >= 4 is 0 Å². The van der Waals surface area contributed by atoms with Gasteiger partial charge in [-0.15, -0.1) is 0 Å². The molecule has 0 spiro atoms. The van der Waals surface area contributed by atoms with E-state index in [1.54, 1.807) is 11.1 Å². The number of hydrogen-bond acceptors (Lipinski definition) is 1. The molecule has 104 valence electrons. The van der Waals surface area contributed by atoms with Gasteiger partial charge in [-0.2, -0.15) is 0 Å². The Morgan fingerprint density at radius 3 is 2.84 bits per heavy atom. The number of nitrogens with one attached hydrogen (secondary N) is 1. The van der Waals surface area contributed by atoms with Gasteiger partial charge in [0.15, 0.2) is 0 Å². The molecule has 1 N–H and O–H groups in total. The van der Waals surface area contributed by atoms with Crippen molar-refractivity contribution in [2.75, 3.05) is 6.54 Å². The topological polar surface area (TPSA) is 12.0 Å². The molecule has 1 aromatic rings. The Kier molecular flexibility index (Phi) is 4.22. The number of hydrogen-bond donors (Lipinski definition) is 1. The van der Waals surface area contributed by atoms with Gasteiger partial charge in [-0.3, -0.25) is 0 Å². The molecule has 1 aromatic carbocycles. The van der Waals surface area contributed by atoms with Gasteiger partial charge >= 0.3 is 0 Å². The van der Waals surface area contributed by atoms with Crippen LogP contribution in [0, 0.1) is 5.92 Å². The minimum absolute atomic E-state index is 0.712. The zero-order valence-corrected chi connectivity index (χ0v) is 12.2. The van der Waals surface area contributed by atoms with Crippen molar-refractivity contribution in [1.29, 1.82) is 0 Å². The molecule has 2 aliphatic rings. The first kappa shape index (κ1) is 13.2. The van der Waals surface area contributed by atoms with E-state index in [-0.39, 0.29) is 0 Å². The Balaban J connectivity index is 1.67. The van der Waals surface area contributed by atoms with Crippen LogP contribution in [0.25, 0.3) is 0 Å². The predicted octanol–water partition coefficient (Wildman–Crippen LogP) is 4.27. The lowest BCUT2D eigenvalue weighted by Crippen LogP contribution is -2.34. The lowest BCUT2D eigenvalue weighted by molar-refractivity contribution is 0.389. The maximum absolute atomic E-state index is 3.84. The minimum atomic E-state index is 0.712. The van der Waals surface area contributed by atoms with Crippen LogP contribution >= 0.6 is 0 Å². The van der Waals surface area contributed by atoms with Crippen molar-refractivity contribution in [3.63, 3.8) is 0 Å². The van der Waals surface area contributed by atoms with E-state index in [9.17, 15) is 0 Å². The molecule has 0 radical (unpaired) electrons. The molecule has 0 saturated heterocycles. The highest BCUT2D eigenvalue weighted by Crippen LogP contribution is 2.39. The molecule has 2 unspecified atom stereocenters. The van der Waals surface area contributed by atoms with E-state index < -0.39 is 0 Å². The molecule has 0 aromatic heterocycles. The molecule has 0 amide bonds. The van der Waals surface area contributed by atoms with Gasteiger partial charge in [0.05, 0.1) is 0 Å². The summed E-state index contributed by atoms with van der Waals surface area (Å²) in [7, 11) is 0. The third kappa shape index (κ3) is 3.20. The summed E-state index contributed by atoms with van der Waals surface area (Å²) in [6.07, 6.45) is 9.68. The van der Waals surface area contributed by atoms with Crippen molar-refractivity contribution in [3.8, 4) is 0 Å². The fourth-order valence-electron chi connectivity index (χ4n) is 3.61. The zero-order chi connectivity index (χ0) is 13.1. The molecule has 0 heterocycles. The first-order valence-corrected chi connectivity index (χ1v) is 8.19. The molecular weight excluding hydrogens is 230 g/mol. The Morgan fingerprint density at radius 2 is 2.05 bits per heavy atom. The summed E-state index contributed by atoms with van der Waals surface area (Å²) in [5, 5.41) is 3.84. The van der Waals surface area contributed by atoms with Gasteiger partial charge in [-0.1, -0.05) is 44.0 Å². The molecule has 1 nitrogen and oxygen atoms in total. The van der Waals surface area contributed by atoms with Crippen LogP contribution < -0.4 is 5.32 Å². The average Bonchev–Trinajstić information content (AvgIpc) is 3.18. The highest BCUT2D eigenvalue weighted by Gasteiger charge is 2.30. The summed E-state index contributed by atoms with van der Waals surface area (Å²) < 4.78 is 0. The number of aryl methyl sites for hydroxylation is 1. The van der Waals surface area contributed by atoms with Gasteiger partial charge in [-0.05, 0) is 61.6 Å². The van der Waals surface area contributed by atoms with Crippen molar-refractivity contribution in [1.82, 2.24) is 5.32 Å². The van der Waals surface area contributed by atoms with Gasteiger partial charge in [0, 0.05) is 6.04 Å². The fraction of sp³-hybridized carbons (Fsp3) is 0.667. The number of rotatable bonds is 7. The molecule has 2 atom stereocenters. The summed E-state index contributed by atoms with van der Waals surface area (Å²) in [6.45, 7) is 3.45. The van der Waals surface area contributed by atoms with Gasteiger partial charge in [0.25, 0.3) is 0 Å². The molecule has 1 saturated carbocycles. The second kappa shape index (κ2) is 6.09. The van der Waals surface area contributed by atoms with Gasteiger partial charge < -0.3 is 5.32 Å². The van der Waals surface area contributed by atoms with Gasteiger partial charge in [0.2, 0.25) is 0 Å². The van der Waals surface area contributed by atoms with E-state index in [1.807, 2.05) is 0 Å². The van der Waals surface area contributed by atoms with Crippen molar-refractivity contribution in [3.05, 3.63) is 35.4 Å². The maximum Gasteiger partial charge on any atom is 0.0136 e. The summed E-state index contributed by atoms with van der Waals surface area (Å²) in [6, 6.07) is 9.82. The lowest BCUT2D eigenvalue weighted by Gasteiger charge is -2.26. The molecule has 3 rings (SSSR count). The number of fused-ring (bicyclic) bond motifs is 1. The second-order valence-electron chi connectivity index (χ2n) is 6.43. The third-order valence-corrected chi connectivity index (χ3v) is 4.90. The molecule has 1 heteroatoms. The third-order valence-electron chi connectivity index (χ3n) is 4.90. The van der Waals surface area contributed by atoms with Crippen LogP contribution in [0.4, 0.5) is 0 Å². The zero-order valence-electron chi connectivity index (χ0n) is 12.2. The van der Waals surface area contributed by atoms with Crippen molar-refractivity contribution in [2.24, 2.45) is 5.92 Å². The summed E-state index contributed by atoms with van der Waals surface area (Å²) >= 11 is 0.